The normalized spacial score (nSPS) is 17.3. The van der Waals surface area contributed by atoms with E-state index in [9.17, 15) is 0 Å². The zero-order chi connectivity index (χ0) is 24.9. The molecule has 2 aromatic heterocycles. The minimum absolute atomic E-state index is 0.0715. The molecule has 0 saturated carbocycles. The molecule has 0 radical (unpaired) electrons. The average Bonchev–Trinajstić information content (AvgIpc) is 2.78. The number of aromatic nitrogens is 3. The van der Waals surface area contributed by atoms with Crippen molar-refractivity contribution in [3.05, 3.63) is 54.7 Å². The molecule has 2 fully saturated rings. The van der Waals surface area contributed by atoms with Gasteiger partial charge in [0.1, 0.15) is 24.0 Å². The number of fused-ring (bicyclic) bond motifs is 2. The van der Waals surface area contributed by atoms with Gasteiger partial charge in [0.15, 0.2) is 5.82 Å². The summed E-state index contributed by atoms with van der Waals surface area (Å²) in [6, 6.07) is 11.0. The lowest BCUT2D eigenvalue weighted by atomic mass is 9.77. The Morgan fingerprint density at radius 2 is 1.97 bits per heavy atom. The summed E-state index contributed by atoms with van der Waals surface area (Å²) in [7, 11) is 4.03. The van der Waals surface area contributed by atoms with Gasteiger partial charge in [-0.15, -0.1) is 0 Å². The Bertz CT molecular complexity index is 1430. The second kappa shape index (κ2) is 8.83. The molecule has 2 aromatic carbocycles. The Kier molecular flexibility index (Phi) is 5.61. The van der Waals surface area contributed by atoms with E-state index in [0.717, 1.165) is 49.4 Å². The summed E-state index contributed by atoms with van der Waals surface area (Å²) >= 11 is 0. The van der Waals surface area contributed by atoms with Crippen LogP contribution < -0.4 is 15.0 Å². The molecule has 4 heterocycles. The number of rotatable bonds is 7. The van der Waals surface area contributed by atoms with E-state index in [1.165, 1.54) is 6.33 Å². The Labute approximate surface area is 209 Å². The largest absolute Gasteiger partial charge is 0.488 e. The first-order chi connectivity index (χ1) is 17.4. The molecule has 1 spiro atoms. The van der Waals surface area contributed by atoms with Crippen LogP contribution in [0.1, 0.15) is 6.92 Å². The minimum Gasteiger partial charge on any atom is -0.488 e. The molecule has 186 valence electrons. The van der Waals surface area contributed by atoms with Crippen LogP contribution in [0.3, 0.4) is 0 Å². The standard InChI is InChI=1S/C27H29FN6O2/c1-17(11-33(2)3)36-23-10-18(34-12-27(13-34)14-35-15-27)9-22-24(23)26(31-16-30-22)32-21-7-6-20-19(25(21)28)5-4-8-29-20/h4-10,16-17H,11-15H2,1-3H3,(H,30,31,32)/t17-/m1/s1. The van der Waals surface area contributed by atoms with E-state index in [-0.39, 0.29) is 17.3 Å². The second-order valence-electron chi connectivity index (χ2n) is 10.2. The highest BCUT2D eigenvalue weighted by molar-refractivity contribution is 5.98. The van der Waals surface area contributed by atoms with Gasteiger partial charge in [-0.25, -0.2) is 14.4 Å². The van der Waals surface area contributed by atoms with Crippen molar-refractivity contribution in [2.45, 2.75) is 13.0 Å². The zero-order valence-corrected chi connectivity index (χ0v) is 20.7. The number of hydrogen-bond acceptors (Lipinski definition) is 8. The monoisotopic (exact) mass is 488 g/mol. The third kappa shape index (κ3) is 4.08. The molecule has 8 nitrogen and oxygen atoms in total. The molecule has 4 aromatic rings. The Hall–Kier alpha value is -3.56. The molecule has 1 N–H and O–H groups in total. The van der Waals surface area contributed by atoms with Gasteiger partial charge < -0.3 is 24.6 Å². The number of halogens is 1. The van der Waals surface area contributed by atoms with Crippen molar-refractivity contribution in [3.63, 3.8) is 0 Å². The quantitative estimate of drug-likeness (QED) is 0.414. The molecule has 2 aliphatic rings. The highest BCUT2D eigenvalue weighted by Crippen LogP contribution is 2.43. The number of nitrogens with one attached hydrogen (secondary N) is 1. The first-order valence-corrected chi connectivity index (χ1v) is 12.1. The van der Waals surface area contributed by atoms with Crippen molar-refractivity contribution in [2.24, 2.45) is 5.41 Å². The van der Waals surface area contributed by atoms with Crippen LogP contribution in [0.4, 0.5) is 21.6 Å². The second-order valence-corrected chi connectivity index (χ2v) is 10.2. The molecule has 0 amide bonds. The molecule has 6 rings (SSSR count). The number of ether oxygens (including phenoxy) is 2. The summed E-state index contributed by atoms with van der Waals surface area (Å²) in [5, 5.41) is 4.37. The number of anilines is 3. The summed E-state index contributed by atoms with van der Waals surface area (Å²) in [4.78, 5) is 17.7. The van der Waals surface area contributed by atoms with Gasteiger partial charge in [0.25, 0.3) is 0 Å². The summed E-state index contributed by atoms with van der Waals surface area (Å²) in [6.45, 7) is 6.34. The van der Waals surface area contributed by atoms with E-state index in [1.54, 1.807) is 30.5 Å². The van der Waals surface area contributed by atoms with Crippen LogP contribution in [-0.4, -0.2) is 72.9 Å². The number of benzene rings is 2. The van der Waals surface area contributed by atoms with E-state index in [4.69, 9.17) is 9.47 Å². The van der Waals surface area contributed by atoms with Gasteiger partial charge in [-0.1, -0.05) is 0 Å². The van der Waals surface area contributed by atoms with Gasteiger partial charge in [0.05, 0.1) is 40.7 Å². The fraction of sp³-hybridized carbons (Fsp3) is 0.370. The van der Waals surface area contributed by atoms with Crippen LogP contribution in [0.5, 0.6) is 5.75 Å². The number of hydrogen-bond donors (Lipinski definition) is 1. The van der Waals surface area contributed by atoms with Crippen LogP contribution in [0.2, 0.25) is 0 Å². The Morgan fingerprint density at radius 1 is 1.14 bits per heavy atom. The third-order valence-electron chi connectivity index (χ3n) is 6.84. The smallest absolute Gasteiger partial charge is 0.156 e. The van der Waals surface area contributed by atoms with Crippen LogP contribution in [0.25, 0.3) is 21.8 Å². The van der Waals surface area contributed by atoms with Crippen molar-refractivity contribution in [3.8, 4) is 5.75 Å². The maximum absolute atomic E-state index is 15.3. The zero-order valence-electron chi connectivity index (χ0n) is 20.7. The fourth-order valence-electron chi connectivity index (χ4n) is 5.14. The lowest BCUT2D eigenvalue weighted by Gasteiger charge is -2.56. The van der Waals surface area contributed by atoms with Crippen LogP contribution in [0, 0.1) is 11.2 Å². The fourth-order valence-corrected chi connectivity index (χ4v) is 5.14. The van der Waals surface area contributed by atoms with Crippen molar-refractivity contribution in [1.29, 1.82) is 0 Å². The highest BCUT2D eigenvalue weighted by Gasteiger charge is 2.49. The van der Waals surface area contributed by atoms with Crippen molar-refractivity contribution in [2.75, 3.05) is 57.2 Å². The predicted molar refractivity (Wildman–Crippen MR) is 139 cm³/mol. The van der Waals surface area contributed by atoms with E-state index in [2.05, 4.69) is 42.2 Å². The molecular formula is C27H29FN6O2. The summed E-state index contributed by atoms with van der Waals surface area (Å²) < 4.78 is 27.2. The maximum Gasteiger partial charge on any atom is 0.156 e. The lowest BCUT2D eigenvalue weighted by molar-refractivity contribution is -0.127. The van der Waals surface area contributed by atoms with Gasteiger partial charge in [0.2, 0.25) is 0 Å². The summed E-state index contributed by atoms with van der Waals surface area (Å²) in [5.74, 6) is 0.794. The SMILES string of the molecule is C[C@H](CN(C)C)Oc1cc(N2CC3(COC3)C2)cc2ncnc(Nc3ccc4ncccc4c3F)c12. The van der Waals surface area contributed by atoms with Gasteiger partial charge in [0, 0.05) is 43.0 Å². The molecule has 0 aliphatic carbocycles. The number of nitrogens with zero attached hydrogens (tertiary/aromatic N) is 5. The molecule has 2 saturated heterocycles. The molecule has 2 aliphatic heterocycles. The Morgan fingerprint density at radius 3 is 2.72 bits per heavy atom. The first-order valence-electron chi connectivity index (χ1n) is 12.1. The predicted octanol–water partition coefficient (Wildman–Crippen LogP) is 4.23. The van der Waals surface area contributed by atoms with Gasteiger partial charge in [-0.05, 0) is 51.4 Å². The van der Waals surface area contributed by atoms with Crippen molar-refractivity contribution in [1.82, 2.24) is 19.9 Å². The van der Waals surface area contributed by atoms with Crippen molar-refractivity contribution >= 4 is 39.0 Å². The molecule has 9 heteroatoms. The van der Waals surface area contributed by atoms with E-state index >= 15 is 4.39 Å². The number of likely N-dealkylation sites (N-methyl/N-ethyl adjacent to an activating group) is 1. The van der Waals surface area contributed by atoms with Gasteiger partial charge in [-0.2, -0.15) is 0 Å². The van der Waals surface area contributed by atoms with Crippen LogP contribution in [-0.2, 0) is 4.74 Å². The van der Waals surface area contributed by atoms with E-state index in [1.807, 2.05) is 21.0 Å². The van der Waals surface area contributed by atoms with Crippen LogP contribution in [0.15, 0.2) is 48.9 Å². The lowest BCUT2D eigenvalue weighted by Crippen LogP contribution is -2.66. The van der Waals surface area contributed by atoms with Crippen molar-refractivity contribution < 1.29 is 13.9 Å². The van der Waals surface area contributed by atoms with Gasteiger partial charge >= 0.3 is 0 Å². The molecule has 0 unspecified atom stereocenters. The van der Waals surface area contributed by atoms with Crippen LogP contribution >= 0.6 is 0 Å². The molecule has 0 bridgehead atoms. The minimum atomic E-state index is -0.374. The first kappa shape index (κ1) is 22.9. The summed E-state index contributed by atoms with van der Waals surface area (Å²) in [5.41, 5.74) is 3.00. The Balaban J connectivity index is 1.40. The number of pyridine rings is 1. The van der Waals surface area contributed by atoms with E-state index < -0.39 is 0 Å². The maximum atomic E-state index is 15.3. The molecule has 36 heavy (non-hydrogen) atoms. The molecular weight excluding hydrogens is 459 g/mol. The van der Waals surface area contributed by atoms with Gasteiger partial charge in [-0.3, -0.25) is 4.98 Å². The average molecular weight is 489 g/mol. The highest BCUT2D eigenvalue weighted by atomic mass is 19.1. The summed E-state index contributed by atoms with van der Waals surface area (Å²) in [6.07, 6.45) is 3.08. The topological polar surface area (TPSA) is 75.6 Å². The molecule has 1 atom stereocenters. The van der Waals surface area contributed by atoms with E-state index in [0.29, 0.717) is 28.2 Å². The third-order valence-corrected chi connectivity index (χ3v) is 6.84.